The van der Waals surface area contributed by atoms with Crippen molar-refractivity contribution in [1.29, 1.82) is 0 Å². The number of Topliss-reactive ketones (excluding diaryl/α,β-unsaturated/α-hetero) is 1. The van der Waals surface area contributed by atoms with Gasteiger partial charge in [-0.2, -0.15) is 0 Å². The number of ketones is 1. The zero-order valence-corrected chi connectivity index (χ0v) is 7.72. The molecule has 11 heavy (non-hydrogen) atoms. The van der Waals surface area contributed by atoms with E-state index < -0.39 is 0 Å². The molecule has 1 atom stereocenters. The summed E-state index contributed by atoms with van der Waals surface area (Å²) in [6, 6.07) is 0. The lowest BCUT2D eigenvalue weighted by atomic mass is 10.1. The van der Waals surface area contributed by atoms with Crippen molar-refractivity contribution in [1.82, 2.24) is 0 Å². The van der Waals surface area contributed by atoms with Crippen molar-refractivity contribution in [3.8, 4) is 0 Å². The molecule has 0 aromatic rings. The van der Waals surface area contributed by atoms with Gasteiger partial charge in [0.05, 0.1) is 6.10 Å². The predicted octanol–water partition coefficient (Wildman–Crippen LogP) is 2.17. The van der Waals surface area contributed by atoms with E-state index in [9.17, 15) is 4.79 Å². The number of hydrogen-bond donors (Lipinski definition) is 0. The average Bonchev–Trinajstić information content (AvgIpc) is 2.03. The van der Waals surface area contributed by atoms with Crippen molar-refractivity contribution >= 4 is 5.78 Å². The van der Waals surface area contributed by atoms with Gasteiger partial charge in [0.1, 0.15) is 5.78 Å². The molecule has 0 aliphatic heterocycles. The molecular formula is C9H18O2. The third-order valence-electron chi connectivity index (χ3n) is 1.71. The molecule has 66 valence electrons. The summed E-state index contributed by atoms with van der Waals surface area (Å²) in [6.45, 7) is 6.60. The van der Waals surface area contributed by atoms with Gasteiger partial charge in [0.2, 0.25) is 0 Å². The molecule has 0 aromatic heterocycles. The van der Waals surface area contributed by atoms with E-state index in [-0.39, 0.29) is 6.10 Å². The van der Waals surface area contributed by atoms with Gasteiger partial charge in [0.25, 0.3) is 0 Å². The second-order valence-electron chi connectivity index (χ2n) is 2.58. The van der Waals surface area contributed by atoms with E-state index in [0.29, 0.717) is 25.2 Å². The minimum Gasteiger partial charge on any atom is -0.378 e. The van der Waals surface area contributed by atoms with E-state index in [1.165, 1.54) is 0 Å². The highest BCUT2D eigenvalue weighted by Gasteiger charge is 2.09. The Bertz CT molecular complexity index is 110. The third kappa shape index (κ3) is 4.96. The summed E-state index contributed by atoms with van der Waals surface area (Å²) in [6.07, 6.45) is 2.29. The Morgan fingerprint density at radius 3 is 2.36 bits per heavy atom. The van der Waals surface area contributed by atoms with Crippen LogP contribution in [0, 0.1) is 0 Å². The molecule has 1 unspecified atom stereocenters. The van der Waals surface area contributed by atoms with Crippen molar-refractivity contribution in [2.75, 3.05) is 6.61 Å². The van der Waals surface area contributed by atoms with E-state index in [4.69, 9.17) is 4.74 Å². The molecule has 0 aliphatic rings. The first-order chi connectivity index (χ1) is 5.24. The Hall–Kier alpha value is -0.370. The van der Waals surface area contributed by atoms with Crippen LogP contribution in [-0.4, -0.2) is 18.5 Å². The van der Waals surface area contributed by atoms with Gasteiger partial charge in [-0.05, 0) is 13.3 Å². The van der Waals surface area contributed by atoms with Crippen molar-refractivity contribution in [2.24, 2.45) is 0 Å². The van der Waals surface area contributed by atoms with Crippen LogP contribution < -0.4 is 0 Å². The lowest BCUT2D eigenvalue weighted by molar-refractivity contribution is -0.121. The summed E-state index contributed by atoms with van der Waals surface area (Å²) in [5.74, 6) is 0.297. The standard InChI is InChI=1S/C9H18O2/c1-4-8(10)7-9(5-2)11-6-3/h9H,4-7H2,1-3H3. The van der Waals surface area contributed by atoms with Crippen LogP contribution in [0.15, 0.2) is 0 Å². The zero-order chi connectivity index (χ0) is 8.69. The van der Waals surface area contributed by atoms with Gasteiger partial charge >= 0.3 is 0 Å². The van der Waals surface area contributed by atoms with E-state index in [0.717, 1.165) is 6.42 Å². The lowest BCUT2D eigenvalue weighted by Gasteiger charge is -2.12. The number of hydrogen-bond acceptors (Lipinski definition) is 2. The van der Waals surface area contributed by atoms with Crippen LogP contribution in [0.25, 0.3) is 0 Å². The SMILES string of the molecule is CCOC(CC)CC(=O)CC. The van der Waals surface area contributed by atoms with Gasteiger partial charge < -0.3 is 4.74 Å². The first-order valence-electron chi connectivity index (χ1n) is 4.37. The Morgan fingerprint density at radius 1 is 1.36 bits per heavy atom. The fourth-order valence-electron chi connectivity index (χ4n) is 0.955. The smallest absolute Gasteiger partial charge is 0.135 e. The molecule has 0 spiro atoms. The van der Waals surface area contributed by atoms with Crippen molar-refractivity contribution in [3.63, 3.8) is 0 Å². The lowest BCUT2D eigenvalue weighted by Crippen LogP contribution is -2.16. The normalized spacial score (nSPS) is 13.0. The topological polar surface area (TPSA) is 26.3 Å². The first kappa shape index (κ1) is 10.6. The molecule has 0 fully saturated rings. The maximum Gasteiger partial charge on any atom is 0.135 e. The van der Waals surface area contributed by atoms with E-state index in [1.807, 2.05) is 20.8 Å². The molecule has 0 aliphatic carbocycles. The van der Waals surface area contributed by atoms with Gasteiger partial charge in [-0.3, -0.25) is 4.79 Å². The maximum absolute atomic E-state index is 11.0. The number of rotatable bonds is 6. The van der Waals surface area contributed by atoms with E-state index >= 15 is 0 Å². The van der Waals surface area contributed by atoms with Crippen molar-refractivity contribution in [3.05, 3.63) is 0 Å². The van der Waals surface area contributed by atoms with Crippen molar-refractivity contribution < 1.29 is 9.53 Å². The summed E-state index contributed by atoms with van der Waals surface area (Å²) < 4.78 is 5.34. The summed E-state index contributed by atoms with van der Waals surface area (Å²) in [5.41, 5.74) is 0. The predicted molar refractivity (Wildman–Crippen MR) is 45.6 cm³/mol. The fraction of sp³-hybridized carbons (Fsp3) is 0.889. The summed E-state index contributed by atoms with van der Waals surface area (Å²) in [7, 11) is 0. The average molecular weight is 158 g/mol. The molecule has 0 radical (unpaired) electrons. The van der Waals surface area contributed by atoms with Crippen LogP contribution in [0.1, 0.15) is 40.0 Å². The van der Waals surface area contributed by atoms with Crippen LogP contribution in [0.5, 0.6) is 0 Å². The summed E-state index contributed by atoms with van der Waals surface area (Å²) in [5, 5.41) is 0. The Balaban J connectivity index is 3.58. The van der Waals surface area contributed by atoms with Gasteiger partial charge in [-0.15, -0.1) is 0 Å². The first-order valence-corrected chi connectivity index (χ1v) is 4.37. The monoisotopic (exact) mass is 158 g/mol. The highest BCUT2D eigenvalue weighted by atomic mass is 16.5. The maximum atomic E-state index is 11.0. The van der Waals surface area contributed by atoms with E-state index in [2.05, 4.69) is 0 Å². The highest BCUT2D eigenvalue weighted by molar-refractivity contribution is 5.78. The molecule has 0 amide bonds. The Morgan fingerprint density at radius 2 is 2.00 bits per heavy atom. The molecule has 0 heterocycles. The molecule has 0 rings (SSSR count). The largest absolute Gasteiger partial charge is 0.378 e. The van der Waals surface area contributed by atoms with Crippen molar-refractivity contribution in [2.45, 2.75) is 46.1 Å². The minimum absolute atomic E-state index is 0.146. The quantitative estimate of drug-likeness (QED) is 0.592. The second-order valence-corrected chi connectivity index (χ2v) is 2.58. The molecule has 0 aromatic carbocycles. The molecular weight excluding hydrogens is 140 g/mol. The molecule has 2 heteroatoms. The number of carbonyl (C=O) groups is 1. The highest BCUT2D eigenvalue weighted by Crippen LogP contribution is 2.05. The van der Waals surface area contributed by atoms with Gasteiger partial charge in [-0.1, -0.05) is 13.8 Å². The number of carbonyl (C=O) groups excluding carboxylic acids is 1. The van der Waals surface area contributed by atoms with Gasteiger partial charge in [0.15, 0.2) is 0 Å². The minimum atomic E-state index is 0.146. The molecule has 0 saturated carbocycles. The molecule has 0 saturated heterocycles. The molecule has 0 N–H and O–H groups in total. The summed E-state index contributed by atoms with van der Waals surface area (Å²) in [4.78, 5) is 11.0. The zero-order valence-electron chi connectivity index (χ0n) is 7.72. The van der Waals surface area contributed by atoms with E-state index in [1.54, 1.807) is 0 Å². The van der Waals surface area contributed by atoms with Gasteiger partial charge in [0, 0.05) is 19.4 Å². The van der Waals surface area contributed by atoms with Crippen LogP contribution in [-0.2, 0) is 9.53 Å². The fourth-order valence-corrected chi connectivity index (χ4v) is 0.955. The Kier molecular flexibility index (Phi) is 6.13. The van der Waals surface area contributed by atoms with Crippen LogP contribution in [0.4, 0.5) is 0 Å². The molecule has 2 nitrogen and oxygen atoms in total. The summed E-state index contributed by atoms with van der Waals surface area (Å²) >= 11 is 0. The Labute approximate surface area is 68.9 Å². The van der Waals surface area contributed by atoms with Crippen LogP contribution in [0.3, 0.4) is 0 Å². The third-order valence-corrected chi connectivity index (χ3v) is 1.71. The van der Waals surface area contributed by atoms with Crippen LogP contribution in [0.2, 0.25) is 0 Å². The molecule has 0 bridgehead atoms. The second kappa shape index (κ2) is 6.35. The number of ether oxygens (including phenoxy) is 1. The van der Waals surface area contributed by atoms with Crippen LogP contribution >= 0.6 is 0 Å². The van der Waals surface area contributed by atoms with Gasteiger partial charge in [-0.25, -0.2) is 0 Å².